The number of aromatic nitrogens is 2. The van der Waals surface area contributed by atoms with Crippen LogP contribution in [0.3, 0.4) is 0 Å². The van der Waals surface area contributed by atoms with Crippen molar-refractivity contribution in [2.24, 2.45) is 0 Å². The second-order valence-corrected chi connectivity index (χ2v) is 15.6. The van der Waals surface area contributed by atoms with Crippen LogP contribution in [-0.4, -0.2) is 76.8 Å². The number of nitrogens with zero attached hydrogens (tertiary/aromatic N) is 4. The molecule has 0 fully saturated rings. The van der Waals surface area contributed by atoms with Gasteiger partial charge in [-0.15, -0.1) is 0 Å². The lowest BCUT2D eigenvalue weighted by atomic mass is 10.3. The number of carbonyl (C=O) groups is 1. The van der Waals surface area contributed by atoms with Gasteiger partial charge >= 0.3 is 0 Å². The number of rotatable bonds is 15. The molecule has 218 valence electrons. The van der Waals surface area contributed by atoms with E-state index in [1.165, 1.54) is 19.4 Å². The summed E-state index contributed by atoms with van der Waals surface area (Å²) in [6, 6.07) is 12.7. The summed E-state index contributed by atoms with van der Waals surface area (Å²) in [5.74, 6) is 2.10. The van der Waals surface area contributed by atoms with E-state index in [4.69, 9.17) is 18.6 Å². The minimum atomic E-state index is -1.49. The van der Waals surface area contributed by atoms with Crippen LogP contribution in [0.2, 0.25) is 19.1 Å². The van der Waals surface area contributed by atoms with Gasteiger partial charge in [0.25, 0.3) is 5.95 Å². The summed E-state index contributed by atoms with van der Waals surface area (Å²) in [6.45, 7) is 11.4. The van der Waals surface area contributed by atoms with Crippen molar-refractivity contribution in [3.8, 4) is 23.5 Å². The van der Waals surface area contributed by atoms with Crippen LogP contribution < -0.4 is 29.6 Å². The first-order valence-electron chi connectivity index (χ1n) is 13.7. The zero-order valence-corrected chi connectivity index (χ0v) is 26.0. The molecule has 3 aromatic rings. The van der Waals surface area contributed by atoms with E-state index in [2.05, 4.69) is 64.2 Å². The summed E-state index contributed by atoms with van der Waals surface area (Å²) in [4.78, 5) is 26.3. The molecule has 2 aromatic heterocycles. The third-order valence-corrected chi connectivity index (χ3v) is 10.4. The number of amides is 1. The topological polar surface area (TPSA) is 102 Å². The molecule has 0 saturated carbocycles. The monoisotopic (exact) mass is 569 g/mol. The number of benzene rings is 1. The zero-order valence-electron chi connectivity index (χ0n) is 25.0. The van der Waals surface area contributed by atoms with Crippen molar-refractivity contribution in [1.82, 2.24) is 14.9 Å². The van der Waals surface area contributed by atoms with Crippen molar-refractivity contribution in [3.05, 3.63) is 42.2 Å². The fourth-order valence-corrected chi connectivity index (χ4v) is 5.50. The maximum absolute atomic E-state index is 13.0. The van der Waals surface area contributed by atoms with Crippen LogP contribution in [0.25, 0.3) is 0 Å². The van der Waals surface area contributed by atoms with Gasteiger partial charge in [-0.1, -0.05) is 50.3 Å². The van der Waals surface area contributed by atoms with Crippen molar-refractivity contribution in [1.29, 1.82) is 0 Å². The van der Waals surface area contributed by atoms with Crippen molar-refractivity contribution < 1.29 is 23.4 Å². The number of ether oxygens (including phenoxy) is 3. The Morgan fingerprint density at radius 3 is 2.30 bits per heavy atom. The number of furan rings is 1. The van der Waals surface area contributed by atoms with Crippen molar-refractivity contribution in [2.45, 2.75) is 45.8 Å². The van der Waals surface area contributed by atoms with Crippen LogP contribution in [0.5, 0.6) is 23.5 Å². The maximum atomic E-state index is 13.0. The standard InChI is InChI=1S/C29H43N5O5Si/c1-9-16-34(18-17-33(3)4)29-31-27(36-5)26(28(32-29)37-6)30-24(35)20-22-14-15-25(39-22)38-21-12-11-13-23(19-21)40(7,8)10-2/h11-15,19H,9-10,16-18,20H2,1-8H3,(H,30,35). The molecule has 0 bridgehead atoms. The van der Waals surface area contributed by atoms with Crippen molar-refractivity contribution >= 4 is 30.8 Å². The third kappa shape index (κ3) is 8.22. The molecule has 2 heterocycles. The molecule has 11 heteroatoms. The molecule has 0 aliphatic carbocycles. The summed E-state index contributed by atoms with van der Waals surface area (Å²) >= 11 is 0. The molecule has 0 saturated heterocycles. The lowest BCUT2D eigenvalue weighted by Crippen LogP contribution is -2.40. The van der Waals surface area contributed by atoms with E-state index in [-0.39, 0.29) is 29.8 Å². The quantitative estimate of drug-likeness (QED) is 0.259. The first-order chi connectivity index (χ1) is 19.1. The van der Waals surface area contributed by atoms with E-state index in [1.54, 1.807) is 12.1 Å². The molecule has 40 heavy (non-hydrogen) atoms. The predicted molar refractivity (Wildman–Crippen MR) is 161 cm³/mol. The Kier molecular flexibility index (Phi) is 11.0. The number of methoxy groups -OCH3 is 2. The van der Waals surface area contributed by atoms with Gasteiger partial charge in [0.2, 0.25) is 23.6 Å². The fraction of sp³-hybridized carbons (Fsp3) is 0.483. The molecule has 1 aromatic carbocycles. The van der Waals surface area contributed by atoms with Gasteiger partial charge in [0.05, 0.1) is 28.7 Å². The average molecular weight is 570 g/mol. The number of anilines is 2. The Morgan fingerprint density at radius 2 is 1.70 bits per heavy atom. The summed E-state index contributed by atoms with van der Waals surface area (Å²) in [7, 11) is 5.55. The Balaban J connectivity index is 1.72. The molecule has 0 aliphatic rings. The van der Waals surface area contributed by atoms with Crippen LogP contribution in [-0.2, 0) is 11.2 Å². The predicted octanol–water partition coefficient (Wildman–Crippen LogP) is 4.77. The van der Waals surface area contributed by atoms with Crippen LogP contribution in [0.1, 0.15) is 26.0 Å². The second-order valence-electron chi connectivity index (χ2n) is 10.5. The van der Waals surface area contributed by atoms with Crippen LogP contribution in [0, 0.1) is 0 Å². The van der Waals surface area contributed by atoms with Gasteiger partial charge in [-0.05, 0) is 38.7 Å². The molecule has 1 N–H and O–H groups in total. The number of nitrogens with one attached hydrogen (secondary N) is 1. The normalized spacial score (nSPS) is 11.4. The van der Waals surface area contributed by atoms with Crippen LogP contribution in [0.15, 0.2) is 40.8 Å². The van der Waals surface area contributed by atoms with Gasteiger partial charge in [-0.3, -0.25) is 4.79 Å². The smallest absolute Gasteiger partial charge is 0.290 e. The largest absolute Gasteiger partial charge is 0.479 e. The van der Waals surface area contributed by atoms with E-state index >= 15 is 0 Å². The van der Waals surface area contributed by atoms with E-state index in [0.717, 1.165) is 32.1 Å². The number of likely N-dealkylation sites (N-methyl/N-ethyl adjacent to an activating group) is 1. The van der Waals surface area contributed by atoms with Crippen LogP contribution in [0.4, 0.5) is 11.6 Å². The highest BCUT2D eigenvalue weighted by molar-refractivity contribution is 6.89. The van der Waals surface area contributed by atoms with Crippen molar-refractivity contribution in [3.63, 3.8) is 0 Å². The zero-order chi connectivity index (χ0) is 29.3. The van der Waals surface area contributed by atoms with Gasteiger partial charge in [0, 0.05) is 25.7 Å². The Bertz CT molecular complexity index is 1240. The Morgan fingerprint density at radius 1 is 1.00 bits per heavy atom. The molecule has 0 unspecified atom stereocenters. The van der Waals surface area contributed by atoms with Gasteiger partial charge < -0.3 is 33.7 Å². The summed E-state index contributed by atoms with van der Waals surface area (Å²) in [6.07, 6.45) is 0.913. The lowest BCUT2D eigenvalue weighted by molar-refractivity contribution is -0.115. The summed E-state index contributed by atoms with van der Waals surface area (Å²) < 4.78 is 22.8. The molecule has 10 nitrogen and oxygen atoms in total. The van der Waals surface area contributed by atoms with Gasteiger partial charge in [-0.25, -0.2) is 0 Å². The van der Waals surface area contributed by atoms with E-state index in [9.17, 15) is 4.79 Å². The van der Waals surface area contributed by atoms with E-state index in [1.807, 2.05) is 26.2 Å². The first-order valence-corrected chi connectivity index (χ1v) is 16.9. The van der Waals surface area contributed by atoms with E-state index in [0.29, 0.717) is 23.4 Å². The molecular formula is C29H43N5O5Si. The molecule has 0 atom stereocenters. The molecule has 3 rings (SSSR count). The Hall–Kier alpha value is -3.57. The number of hydrogen-bond donors (Lipinski definition) is 1. The molecule has 0 aliphatic heterocycles. The highest BCUT2D eigenvalue weighted by atomic mass is 28.3. The Labute approximate surface area is 238 Å². The van der Waals surface area contributed by atoms with Crippen LogP contribution >= 0.6 is 0 Å². The molecular weight excluding hydrogens is 526 g/mol. The van der Waals surface area contributed by atoms with Gasteiger partial charge in [-0.2, -0.15) is 9.97 Å². The maximum Gasteiger partial charge on any atom is 0.290 e. The minimum Gasteiger partial charge on any atom is -0.479 e. The highest BCUT2D eigenvalue weighted by Crippen LogP contribution is 2.34. The fourth-order valence-electron chi connectivity index (χ4n) is 4.01. The average Bonchev–Trinajstić information content (AvgIpc) is 3.37. The molecule has 0 radical (unpaired) electrons. The highest BCUT2D eigenvalue weighted by Gasteiger charge is 2.23. The number of hydrogen-bond acceptors (Lipinski definition) is 9. The molecule has 0 spiro atoms. The van der Waals surface area contributed by atoms with Gasteiger partial charge in [0.15, 0.2) is 5.69 Å². The third-order valence-electron chi connectivity index (χ3n) is 6.77. The molecule has 1 amide bonds. The lowest BCUT2D eigenvalue weighted by Gasteiger charge is -2.25. The van der Waals surface area contributed by atoms with Gasteiger partial charge in [0.1, 0.15) is 11.5 Å². The second kappa shape index (κ2) is 14.2. The number of carbonyl (C=O) groups excluding carboxylic acids is 1. The summed E-state index contributed by atoms with van der Waals surface area (Å²) in [5, 5.41) is 4.15. The SMILES string of the molecule is CCCN(CCN(C)C)c1nc(OC)c(NC(=O)Cc2ccc(Oc3cccc([Si](C)(C)CC)c3)o2)c(OC)n1. The summed E-state index contributed by atoms with van der Waals surface area (Å²) in [5.41, 5.74) is 0.269. The van der Waals surface area contributed by atoms with Crippen molar-refractivity contribution in [2.75, 3.05) is 58.2 Å². The van der Waals surface area contributed by atoms with E-state index < -0.39 is 8.07 Å². The first kappa shape index (κ1) is 31.0. The minimum absolute atomic E-state index is 0.0158.